The second-order valence-electron chi connectivity index (χ2n) is 4.65. The lowest BCUT2D eigenvalue weighted by molar-refractivity contribution is 0.840. The molecule has 100 valence electrons. The van der Waals surface area contributed by atoms with E-state index in [9.17, 15) is 0 Å². The fraction of sp³-hybridized carbons (Fsp3) is 0.333. The predicted molar refractivity (Wildman–Crippen MR) is 78.1 cm³/mol. The summed E-state index contributed by atoms with van der Waals surface area (Å²) in [7, 11) is 2.03. The Balaban J connectivity index is 2.17. The van der Waals surface area contributed by atoms with Crippen molar-refractivity contribution < 1.29 is 0 Å². The standard InChI is InChI=1S/C15H20N4/c1-12-5-3-7-14(18-12)11-19(2)15-13(8-9-16)6-4-10-17-15/h3-7,10H,8-9,11,16H2,1-2H3. The van der Waals surface area contributed by atoms with Crippen LogP contribution in [0.4, 0.5) is 5.82 Å². The first-order valence-corrected chi connectivity index (χ1v) is 6.48. The minimum atomic E-state index is 0.634. The molecule has 0 saturated heterocycles. The Morgan fingerprint density at radius 2 is 2.05 bits per heavy atom. The van der Waals surface area contributed by atoms with E-state index in [2.05, 4.69) is 20.9 Å². The van der Waals surface area contributed by atoms with Crippen LogP contribution in [0.2, 0.25) is 0 Å². The number of pyridine rings is 2. The topological polar surface area (TPSA) is 55.0 Å². The first kappa shape index (κ1) is 13.5. The molecular weight excluding hydrogens is 236 g/mol. The first-order valence-electron chi connectivity index (χ1n) is 6.48. The van der Waals surface area contributed by atoms with E-state index >= 15 is 0 Å². The summed E-state index contributed by atoms with van der Waals surface area (Å²) in [6.45, 7) is 3.38. The number of aryl methyl sites for hydroxylation is 1. The summed E-state index contributed by atoms with van der Waals surface area (Å²) in [4.78, 5) is 11.1. The van der Waals surface area contributed by atoms with Gasteiger partial charge in [0.25, 0.3) is 0 Å². The average Bonchev–Trinajstić information content (AvgIpc) is 2.39. The lowest BCUT2D eigenvalue weighted by atomic mass is 10.2. The van der Waals surface area contributed by atoms with Crippen molar-refractivity contribution in [3.63, 3.8) is 0 Å². The lowest BCUT2D eigenvalue weighted by Crippen LogP contribution is -2.21. The number of anilines is 1. The Bertz CT molecular complexity index is 539. The minimum Gasteiger partial charge on any atom is -0.354 e. The molecule has 0 unspecified atom stereocenters. The van der Waals surface area contributed by atoms with Crippen LogP contribution >= 0.6 is 0 Å². The molecule has 0 bridgehead atoms. The molecule has 0 fully saturated rings. The highest BCUT2D eigenvalue weighted by atomic mass is 15.2. The van der Waals surface area contributed by atoms with Crippen molar-refractivity contribution in [3.05, 3.63) is 53.5 Å². The van der Waals surface area contributed by atoms with Crippen LogP contribution in [0, 0.1) is 6.92 Å². The van der Waals surface area contributed by atoms with Crippen LogP contribution in [0.1, 0.15) is 17.0 Å². The Labute approximate surface area is 114 Å². The Morgan fingerprint density at radius 1 is 1.21 bits per heavy atom. The zero-order valence-corrected chi connectivity index (χ0v) is 11.5. The molecule has 4 heteroatoms. The second kappa shape index (κ2) is 6.29. The molecular formula is C15H20N4. The van der Waals surface area contributed by atoms with Gasteiger partial charge < -0.3 is 10.6 Å². The van der Waals surface area contributed by atoms with Gasteiger partial charge in [-0.3, -0.25) is 4.98 Å². The van der Waals surface area contributed by atoms with Crippen molar-refractivity contribution in [2.75, 3.05) is 18.5 Å². The van der Waals surface area contributed by atoms with Crippen molar-refractivity contribution in [1.29, 1.82) is 0 Å². The minimum absolute atomic E-state index is 0.634. The zero-order chi connectivity index (χ0) is 13.7. The summed E-state index contributed by atoms with van der Waals surface area (Å²) in [6.07, 6.45) is 2.66. The molecule has 0 aromatic carbocycles. The molecule has 19 heavy (non-hydrogen) atoms. The van der Waals surface area contributed by atoms with Crippen LogP contribution < -0.4 is 10.6 Å². The maximum atomic E-state index is 5.64. The van der Waals surface area contributed by atoms with Gasteiger partial charge in [-0.1, -0.05) is 12.1 Å². The van der Waals surface area contributed by atoms with E-state index in [4.69, 9.17) is 5.73 Å². The second-order valence-corrected chi connectivity index (χ2v) is 4.65. The smallest absolute Gasteiger partial charge is 0.131 e. The molecule has 0 radical (unpaired) electrons. The highest BCUT2D eigenvalue weighted by Gasteiger charge is 2.09. The summed E-state index contributed by atoms with van der Waals surface area (Å²) in [5.74, 6) is 0.983. The summed E-state index contributed by atoms with van der Waals surface area (Å²) < 4.78 is 0. The quantitative estimate of drug-likeness (QED) is 0.888. The normalized spacial score (nSPS) is 10.5. The van der Waals surface area contributed by atoms with Crippen LogP contribution in [-0.4, -0.2) is 23.6 Å². The molecule has 0 aliphatic carbocycles. The van der Waals surface area contributed by atoms with Crippen LogP contribution in [-0.2, 0) is 13.0 Å². The average molecular weight is 256 g/mol. The van der Waals surface area contributed by atoms with Crippen molar-refractivity contribution in [2.24, 2.45) is 5.73 Å². The van der Waals surface area contributed by atoms with Gasteiger partial charge in [0.2, 0.25) is 0 Å². The van der Waals surface area contributed by atoms with Gasteiger partial charge in [-0.25, -0.2) is 4.98 Å². The molecule has 0 atom stereocenters. The van der Waals surface area contributed by atoms with E-state index in [1.165, 1.54) is 5.56 Å². The molecule has 0 amide bonds. The van der Waals surface area contributed by atoms with Gasteiger partial charge in [-0.05, 0) is 43.7 Å². The largest absolute Gasteiger partial charge is 0.354 e. The van der Waals surface area contributed by atoms with E-state index in [-0.39, 0.29) is 0 Å². The SMILES string of the molecule is Cc1cccc(CN(C)c2ncccc2CCN)n1. The fourth-order valence-electron chi connectivity index (χ4n) is 2.13. The van der Waals surface area contributed by atoms with Crippen molar-refractivity contribution in [3.8, 4) is 0 Å². The van der Waals surface area contributed by atoms with Crippen molar-refractivity contribution >= 4 is 5.82 Å². The Hall–Kier alpha value is -1.94. The number of nitrogens with two attached hydrogens (primary N) is 1. The number of hydrogen-bond acceptors (Lipinski definition) is 4. The first-order chi connectivity index (χ1) is 9.20. The van der Waals surface area contributed by atoms with Crippen LogP contribution in [0.15, 0.2) is 36.5 Å². The lowest BCUT2D eigenvalue weighted by Gasteiger charge is -2.20. The summed E-state index contributed by atoms with van der Waals surface area (Å²) >= 11 is 0. The summed E-state index contributed by atoms with van der Waals surface area (Å²) in [5, 5.41) is 0. The van der Waals surface area contributed by atoms with Gasteiger partial charge in [0.15, 0.2) is 0 Å². The van der Waals surface area contributed by atoms with E-state index in [1.54, 1.807) is 0 Å². The molecule has 0 saturated carbocycles. The highest BCUT2D eigenvalue weighted by molar-refractivity contribution is 5.46. The molecule has 2 aromatic rings. The number of nitrogens with zero attached hydrogens (tertiary/aromatic N) is 3. The van der Waals surface area contributed by atoms with E-state index in [0.717, 1.165) is 30.2 Å². The van der Waals surface area contributed by atoms with Gasteiger partial charge in [0.05, 0.1) is 12.2 Å². The van der Waals surface area contributed by atoms with Gasteiger partial charge in [0.1, 0.15) is 5.82 Å². The third-order valence-electron chi connectivity index (χ3n) is 2.99. The third-order valence-corrected chi connectivity index (χ3v) is 2.99. The molecule has 2 aromatic heterocycles. The zero-order valence-electron chi connectivity index (χ0n) is 11.5. The van der Waals surface area contributed by atoms with E-state index in [0.29, 0.717) is 6.54 Å². The van der Waals surface area contributed by atoms with E-state index in [1.807, 2.05) is 44.4 Å². The summed E-state index contributed by atoms with van der Waals surface area (Å²) in [5.41, 5.74) is 8.91. The number of aromatic nitrogens is 2. The maximum absolute atomic E-state index is 5.64. The molecule has 0 spiro atoms. The van der Waals surface area contributed by atoms with E-state index < -0.39 is 0 Å². The molecule has 2 heterocycles. The number of hydrogen-bond donors (Lipinski definition) is 1. The number of rotatable bonds is 5. The monoisotopic (exact) mass is 256 g/mol. The molecule has 4 nitrogen and oxygen atoms in total. The molecule has 2 rings (SSSR count). The van der Waals surface area contributed by atoms with Gasteiger partial charge in [-0.2, -0.15) is 0 Å². The molecule has 0 aliphatic rings. The summed E-state index contributed by atoms with van der Waals surface area (Å²) in [6, 6.07) is 10.1. The molecule has 2 N–H and O–H groups in total. The van der Waals surface area contributed by atoms with Crippen LogP contribution in [0.25, 0.3) is 0 Å². The third kappa shape index (κ3) is 3.51. The fourth-order valence-corrected chi connectivity index (χ4v) is 2.13. The predicted octanol–water partition coefficient (Wildman–Crippen LogP) is 1.92. The van der Waals surface area contributed by atoms with Crippen LogP contribution in [0.3, 0.4) is 0 Å². The van der Waals surface area contributed by atoms with Gasteiger partial charge in [-0.15, -0.1) is 0 Å². The van der Waals surface area contributed by atoms with Crippen molar-refractivity contribution in [2.45, 2.75) is 19.9 Å². The Kier molecular flexibility index (Phi) is 4.47. The molecule has 0 aliphatic heterocycles. The highest BCUT2D eigenvalue weighted by Crippen LogP contribution is 2.17. The maximum Gasteiger partial charge on any atom is 0.131 e. The van der Waals surface area contributed by atoms with Crippen LogP contribution in [0.5, 0.6) is 0 Å². The van der Waals surface area contributed by atoms with Crippen molar-refractivity contribution in [1.82, 2.24) is 9.97 Å². The van der Waals surface area contributed by atoms with Gasteiger partial charge >= 0.3 is 0 Å². The van der Waals surface area contributed by atoms with Gasteiger partial charge in [0, 0.05) is 18.9 Å². The Morgan fingerprint density at radius 3 is 2.79 bits per heavy atom.